The van der Waals surface area contributed by atoms with Crippen molar-refractivity contribution in [2.75, 3.05) is 44.3 Å². The monoisotopic (exact) mass is 381 g/mol. The molecule has 2 aliphatic heterocycles. The maximum Gasteiger partial charge on any atom is 0.255 e. The van der Waals surface area contributed by atoms with Crippen molar-refractivity contribution in [1.82, 2.24) is 9.88 Å². The number of piperazine rings is 1. The van der Waals surface area contributed by atoms with Crippen LogP contribution in [0.25, 0.3) is 0 Å². The number of hydrogen-bond acceptors (Lipinski definition) is 5. The summed E-state index contributed by atoms with van der Waals surface area (Å²) in [4.78, 5) is 21.4. The minimum Gasteiger partial charge on any atom is -0.472 e. The molecule has 1 unspecified atom stereocenters. The van der Waals surface area contributed by atoms with Crippen molar-refractivity contribution in [1.29, 1.82) is 0 Å². The van der Waals surface area contributed by atoms with Gasteiger partial charge >= 0.3 is 0 Å². The number of anilines is 1. The number of aryl methyl sites for hydroxylation is 2. The summed E-state index contributed by atoms with van der Waals surface area (Å²) in [5.41, 5.74) is 4.41. The molecule has 2 fully saturated rings. The van der Waals surface area contributed by atoms with Crippen molar-refractivity contribution in [3.8, 4) is 5.88 Å². The van der Waals surface area contributed by atoms with E-state index in [2.05, 4.69) is 41.9 Å². The molecule has 28 heavy (non-hydrogen) atoms. The van der Waals surface area contributed by atoms with E-state index in [9.17, 15) is 4.79 Å². The van der Waals surface area contributed by atoms with Crippen LogP contribution in [0.1, 0.15) is 27.9 Å². The lowest BCUT2D eigenvalue weighted by Gasteiger charge is -2.37. The molecule has 4 rings (SSSR count). The van der Waals surface area contributed by atoms with Gasteiger partial charge in [0.25, 0.3) is 5.91 Å². The highest BCUT2D eigenvalue weighted by atomic mass is 16.5. The van der Waals surface area contributed by atoms with Crippen LogP contribution in [0.2, 0.25) is 0 Å². The second kappa shape index (κ2) is 8.19. The fourth-order valence-electron chi connectivity index (χ4n) is 3.75. The molecule has 6 heteroatoms. The summed E-state index contributed by atoms with van der Waals surface area (Å²) in [6.07, 6.45) is 2.56. The van der Waals surface area contributed by atoms with Crippen molar-refractivity contribution in [3.63, 3.8) is 0 Å². The van der Waals surface area contributed by atoms with Gasteiger partial charge in [0.2, 0.25) is 5.88 Å². The molecular formula is C22H27N3O3. The standard InChI is InChI=1S/C22H27N3O3/c1-16-3-4-17(2)20(13-16)24-8-10-25(11-9-24)22(26)18-5-6-21(23-14-18)28-19-7-12-27-15-19/h3-6,13-14,19H,7-12,15H2,1-2H3. The van der Waals surface area contributed by atoms with Crippen LogP contribution in [-0.2, 0) is 4.74 Å². The Morgan fingerprint density at radius 1 is 1.14 bits per heavy atom. The largest absolute Gasteiger partial charge is 0.472 e. The Labute approximate surface area is 166 Å². The fraction of sp³-hybridized carbons (Fsp3) is 0.455. The number of rotatable bonds is 4. The van der Waals surface area contributed by atoms with E-state index in [4.69, 9.17) is 9.47 Å². The highest BCUT2D eigenvalue weighted by Gasteiger charge is 2.24. The summed E-state index contributed by atoms with van der Waals surface area (Å²) < 4.78 is 11.1. The Hall–Kier alpha value is -2.60. The first kappa shape index (κ1) is 18.7. The summed E-state index contributed by atoms with van der Waals surface area (Å²) >= 11 is 0. The second-order valence-corrected chi connectivity index (χ2v) is 7.56. The Bertz CT molecular complexity index is 823. The predicted octanol–water partition coefficient (Wildman–Crippen LogP) is 2.83. The van der Waals surface area contributed by atoms with Gasteiger partial charge in [0.05, 0.1) is 18.8 Å². The number of aromatic nitrogens is 1. The Morgan fingerprint density at radius 3 is 2.64 bits per heavy atom. The summed E-state index contributed by atoms with van der Waals surface area (Å²) in [6.45, 7) is 8.69. The number of hydrogen-bond donors (Lipinski definition) is 0. The molecule has 2 saturated heterocycles. The zero-order chi connectivity index (χ0) is 19.5. The Balaban J connectivity index is 1.35. The predicted molar refractivity (Wildman–Crippen MR) is 108 cm³/mol. The number of nitrogens with zero attached hydrogens (tertiary/aromatic N) is 3. The molecule has 1 aromatic heterocycles. The smallest absolute Gasteiger partial charge is 0.255 e. The lowest BCUT2D eigenvalue weighted by Crippen LogP contribution is -2.49. The van der Waals surface area contributed by atoms with Gasteiger partial charge in [0.15, 0.2) is 0 Å². The van der Waals surface area contributed by atoms with Gasteiger partial charge in [-0.25, -0.2) is 4.98 Å². The van der Waals surface area contributed by atoms with Gasteiger partial charge in [-0.2, -0.15) is 0 Å². The molecule has 0 saturated carbocycles. The lowest BCUT2D eigenvalue weighted by atomic mass is 10.1. The fourth-order valence-corrected chi connectivity index (χ4v) is 3.75. The van der Waals surface area contributed by atoms with Crippen molar-refractivity contribution >= 4 is 11.6 Å². The van der Waals surface area contributed by atoms with Gasteiger partial charge in [-0.1, -0.05) is 12.1 Å². The maximum absolute atomic E-state index is 12.8. The highest BCUT2D eigenvalue weighted by molar-refractivity contribution is 5.94. The van der Waals surface area contributed by atoms with Crippen molar-refractivity contribution in [3.05, 3.63) is 53.2 Å². The summed E-state index contributed by atoms with van der Waals surface area (Å²) in [7, 11) is 0. The van der Waals surface area contributed by atoms with E-state index in [-0.39, 0.29) is 12.0 Å². The lowest BCUT2D eigenvalue weighted by molar-refractivity contribution is 0.0746. The molecule has 2 aromatic rings. The molecule has 2 aliphatic rings. The van der Waals surface area contributed by atoms with Gasteiger partial charge < -0.3 is 19.3 Å². The summed E-state index contributed by atoms with van der Waals surface area (Å²) in [5.74, 6) is 0.579. The Kier molecular flexibility index (Phi) is 5.48. The van der Waals surface area contributed by atoms with Gasteiger partial charge in [-0.3, -0.25) is 4.79 Å². The van der Waals surface area contributed by atoms with Crippen LogP contribution < -0.4 is 9.64 Å². The van der Waals surface area contributed by atoms with E-state index in [1.165, 1.54) is 16.8 Å². The molecule has 1 atom stereocenters. The van der Waals surface area contributed by atoms with E-state index >= 15 is 0 Å². The molecule has 1 amide bonds. The molecule has 0 radical (unpaired) electrons. The van der Waals surface area contributed by atoms with E-state index in [1.54, 1.807) is 18.3 Å². The third kappa shape index (κ3) is 4.12. The van der Waals surface area contributed by atoms with E-state index < -0.39 is 0 Å². The van der Waals surface area contributed by atoms with Crippen LogP contribution in [0, 0.1) is 13.8 Å². The molecule has 3 heterocycles. The van der Waals surface area contributed by atoms with E-state index in [0.717, 1.165) is 26.1 Å². The first-order chi connectivity index (χ1) is 13.6. The number of carbonyl (C=O) groups excluding carboxylic acids is 1. The summed E-state index contributed by atoms with van der Waals surface area (Å²) in [6, 6.07) is 10.1. The number of amides is 1. The SMILES string of the molecule is Cc1ccc(C)c(N2CCN(C(=O)c3ccc(OC4CCOC4)nc3)CC2)c1. The molecule has 0 spiro atoms. The minimum atomic E-state index is 0.0314. The van der Waals surface area contributed by atoms with Crippen molar-refractivity contribution in [2.24, 2.45) is 0 Å². The summed E-state index contributed by atoms with van der Waals surface area (Å²) in [5, 5.41) is 0. The zero-order valence-electron chi connectivity index (χ0n) is 16.6. The van der Waals surface area contributed by atoms with E-state index in [1.807, 2.05) is 4.90 Å². The first-order valence-electron chi connectivity index (χ1n) is 9.92. The average molecular weight is 381 g/mol. The molecule has 6 nitrogen and oxygen atoms in total. The second-order valence-electron chi connectivity index (χ2n) is 7.56. The Morgan fingerprint density at radius 2 is 1.96 bits per heavy atom. The minimum absolute atomic E-state index is 0.0314. The van der Waals surface area contributed by atoms with Crippen LogP contribution in [0.4, 0.5) is 5.69 Å². The van der Waals surface area contributed by atoms with Gasteiger partial charge in [0.1, 0.15) is 6.10 Å². The van der Waals surface area contributed by atoms with Crippen LogP contribution in [0.3, 0.4) is 0 Å². The van der Waals surface area contributed by atoms with Gasteiger partial charge in [-0.05, 0) is 37.1 Å². The quantitative estimate of drug-likeness (QED) is 0.815. The number of benzene rings is 1. The molecule has 1 aromatic carbocycles. The third-order valence-corrected chi connectivity index (χ3v) is 5.43. The molecule has 0 N–H and O–H groups in total. The zero-order valence-corrected chi connectivity index (χ0v) is 16.6. The average Bonchev–Trinajstić information content (AvgIpc) is 3.23. The van der Waals surface area contributed by atoms with Gasteiger partial charge in [-0.15, -0.1) is 0 Å². The molecule has 0 aliphatic carbocycles. The number of carbonyl (C=O) groups is 1. The normalized spacial score (nSPS) is 19.7. The van der Waals surface area contributed by atoms with Crippen LogP contribution in [0.5, 0.6) is 5.88 Å². The molecule has 0 bridgehead atoms. The topological polar surface area (TPSA) is 54.9 Å². The number of ether oxygens (including phenoxy) is 2. The molecular weight excluding hydrogens is 354 g/mol. The van der Waals surface area contributed by atoms with Gasteiger partial charge in [0, 0.05) is 50.6 Å². The van der Waals surface area contributed by atoms with Crippen molar-refractivity contribution in [2.45, 2.75) is 26.4 Å². The van der Waals surface area contributed by atoms with Crippen LogP contribution >= 0.6 is 0 Å². The first-order valence-corrected chi connectivity index (χ1v) is 9.92. The van der Waals surface area contributed by atoms with Crippen molar-refractivity contribution < 1.29 is 14.3 Å². The van der Waals surface area contributed by atoms with E-state index in [0.29, 0.717) is 31.1 Å². The van der Waals surface area contributed by atoms with Crippen LogP contribution in [-0.4, -0.2) is 61.3 Å². The maximum atomic E-state index is 12.8. The highest BCUT2D eigenvalue weighted by Crippen LogP contribution is 2.23. The molecule has 148 valence electrons. The third-order valence-electron chi connectivity index (χ3n) is 5.43. The van der Waals surface area contributed by atoms with Crippen LogP contribution in [0.15, 0.2) is 36.5 Å². The number of pyridine rings is 1.